The fourth-order valence-electron chi connectivity index (χ4n) is 9.79. The van der Waals surface area contributed by atoms with E-state index < -0.39 is 50.7 Å². The SMILES string of the molecule is C[C@H]1[C@H]([C@H]2O[C@]34C[C@H]5[C@@H](CC=C6CC=CC(=O)[C@@]65C)[C@@H]5C[C@H](O3)[C@@H]([C@@H]54)[C@@]2(C)OC(=O)NC(=O)C(Cl)(Cl)Cl)OC(=O)[C@@H]1C. The molecule has 0 aromatic carbocycles. The number of nitrogens with one attached hydrogen (secondary N) is 1. The van der Waals surface area contributed by atoms with Crippen LogP contribution in [-0.2, 0) is 33.3 Å². The van der Waals surface area contributed by atoms with Gasteiger partial charge >= 0.3 is 12.1 Å². The largest absolute Gasteiger partial charge is 0.459 e. The van der Waals surface area contributed by atoms with E-state index in [1.807, 2.05) is 18.3 Å². The van der Waals surface area contributed by atoms with Gasteiger partial charge in [0, 0.05) is 24.2 Å². The van der Waals surface area contributed by atoms with Crippen LogP contribution in [0.1, 0.15) is 53.4 Å². The molecule has 0 spiro atoms. The number of esters is 1. The summed E-state index contributed by atoms with van der Waals surface area (Å²) < 4.78 is 23.4. The number of fused-ring (bicyclic) bond motifs is 4. The van der Waals surface area contributed by atoms with E-state index >= 15 is 0 Å². The quantitative estimate of drug-likeness (QED) is 0.259. The van der Waals surface area contributed by atoms with Crippen molar-refractivity contribution in [3.05, 3.63) is 23.8 Å². The molecular weight excluding hydrogens is 609 g/mol. The number of carbonyl (C=O) groups is 4. The third-order valence-corrected chi connectivity index (χ3v) is 12.4. The van der Waals surface area contributed by atoms with Crippen LogP contribution < -0.4 is 5.32 Å². The number of hydrogen-bond acceptors (Lipinski definition) is 8. The van der Waals surface area contributed by atoms with Crippen molar-refractivity contribution in [1.29, 1.82) is 0 Å². The molecule has 3 aliphatic heterocycles. The zero-order valence-corrected chi connectivity index (χ0v) is 26.0. The third kappa shape index (κ3) is 3.76. The first-order valence-corrected chi connectivity index (χ1v) is 15.8. The van der Waals surface area contributed by atoms with E-state index in [1.165, 1.54) is 0 Å². The molecule has 2 saturated carbocycles. The maximum absolute atomic E-state index is 13.5. The van der Waals surface area contributed by atoms with E-state index in [0.717, 1.165) is 24.8 Å². The van der Waals surface area contributed by atoms with E-state index in [9.17, 15) is 19.2 Å². The molecular formula is C30H34Cl3NO8. The number of carbonyl (C=O) groups excluding carboxylic acids is 4. The van der Waals surface area contributed by atoms with Crippen molar-refractivity contribution in [3.63, 3.8) is 0 Å². The van der Waals surface area contributed by atoms with Crippen LogP contribution in [0.2, 0.25) is 0 Å². The van der Waals surface area contributed by atoms with E-state index in [1.54, 1.807) is 19.9 Å². The van der Waals surface area contributed by atoms with Gasteiger partial charge in [-0.3, -0.25) is 19.7 Å². The number of ketones is 1. The second kappa shape index (κ2) is 9.19. The first kappa shape index (κ1) is 29.1. The molecule has 4 bridgehead atoms. The summed E-state index contributed by atoms with van der Waals surface area (Å²) in [5.74, 6) is -3.08. The molecule has 7 aliphatic rings. The Morgan fingerprint density at radius 2 is 1.83 bits per heavy atom. The lowest BCUT2D eigenvalue weighted by atomic mass is 9.48. The van der Waals surface area contributed by atoms with Crippen molar-refractivity contribution in [2.24, 2.45) is 46.8 Å². The lowest BCUT2D eigenvalue weighted by Gasteiger charge is -2.61. The normalized spacial score (nSPS) is 50.0. The fraction of sp³-hybridized carbons (Fsp3) is 0.733. The van der Waals surface area contributed by atoms with Crippen molar-refractivity contribution in [1.82, 2.24) is 5.32 Å². The molecule has 3 heterocycles. The molecule has 0 aromatic rings. The highest BCUT2D eigenvalue weighted by molar-refractivity contribution is 6.76. The van der Waals surface area contributed by atoms with Crippen molar-refractivity contribution < 1.29 is 38.1 Å². The van der Waals surface area contributed by atoms with Crippen molar-refractivity contribution in [3.8, 4) is 0 Å². The van der Waals surface area contributed by atoms with Gasteiger partial charge in [0.1, 0.15) is 17.8 Å². The van der Waals surface area contributed by atoms with Crippen LogP contribution >= 0.6 is 34.8 Å². The van der Waals surface area contributed by atoms with E-state index in [0.29, 0.717) is 6.42 Å². The second-order valence-electron chi connectivity index (χ2n) is 13.6. The van der Waals surface area contributed by atoms with Gasteiger partial charge in [0.2, 0.25) is 0 Å². The van der Waals surface area contributed by atoms with Crippen LogP contribution in [0.4, 0.5) is 4.79 Å². The summed E-state index contributed by atoms with van der Waals surface area (Å²) in [6, 6.07) is 0. The Labute approximate surface area is 258 Å². The molecule has 3 saturated heterocycles. The Morgan fingerprint density at radius 1 is 1.10 bits per heavy atom. The van der Waals surface area contributed by atoms with Gasteiger partial charge in [0.15, 0.2) is 11.6 Å². The van der Waals surface area contributed by atoms with Gasteiger partial charge in [-0.05, 0) is 56.9 Å². The summed E-state index contributed by atoms with van der Waals surface area (Å²) in [5, 5.41) is 2.02. The van der Waals surface area contributed by atoms with Crippen molar-refractivity contribution in [2.45, 2.75) is 86.9 Å². The highest BCUT2D eigenvalue weighted by atomic mass is 35.6. The zero-order valence-electron chi connectivity index (χ0n) is 23.7. The average Bonchev–Trinajstić information content (AvgIpc) is 3.51. The molecule has 0 radical (unpaired) electrons. The lowest BCUT2D eigenvalue weighted by Crippen LogP contribution is -2.69. The Bertz CT molecular complexity index is 1340. The Morgan fingerprint density at radius 3 is 2.50 bits per heavy atom. The molecule has 0 aromatic heterocycles. The van der Waals surface area contributed by atoms with Gasteiger partial charge in [-0.1, -0.05) is 66.4 Å². The molecule has 0 unspecified atom stereocenters. The van der Waals surface area contributed by atoms with Gasteiger partial charge in [0.05, 0.1) is 17.4 Å². The highest BCUT2D eigenvalue weighted by Crippen LogP contribution is 2.73. The summed E-state index contributed by atoms with van der Waals surface area (Å²) >= 11 is 17.0. The van der Waals surface area contributed by atoms with Gasteiger partial charge < -0.3 is 18.9 Å². The Kier molecular flexibility index (Phi) is 6.36. The van der Waals surface area contributed by atoms with Crippen LogP contribution in [0.15, 0.2) is 23.8 Å². The molecule has 42 heavy (non-hydrogen) atoms. The number of alkyl halides is 3. The second-order valence-corrected chi connectivity index (χ2v) is 15.9. The minimum absolute atomic E-state index is 0.00880. The Balaban J connectivity index is 1.28. The van der Waals surface area contributed by atoms with Gasteiger partial charge in [-0.15, -0.1) is 0 Å². The molecule has 9 nitrogen and oxygen atoms in total. The smallest absolute Gasteiger partial charge is 0.414 e. The molecule has 5 fully saturated rings. The summed E-state index contributed by atoms with van der Waals surface area (Å²) in [4.78, 5) is 51.7. The number of amides is 2. The topological polar surface area (TPSA) is 117 Å². The Hall–Kier alpha value is -1.65. The van der Waals surface area contributed by atoms with E-state index in [-0.39, 0.29) is 53.4 Å². The van der Waals surface area contributed by atoms with Crippen molar-refractivity contribution in [2.75, 3.05) is 0 Å². The number of ether oxygens (including phenoxy) is 4. The molecule has 2 amide bonds. The molecule has 13 atom stereocenters. The van der Waals surface area contributed by atoms with Crippen LogP contribution in [-0.4, -0.2) is 57.2 Å². The summed E-state index contributed by atoms with van der Waals surface area (Å²) in [6.07, 6.45) is 5.73. The maximum atomic E-state index is 13.5. The van der Waals surface area contributed by atoms with Crippen LogP contribution in [0.3, 0.4) is 0 Å². The molecule has 1 N–H and O–H groups in total. The standard InChI is InChI=1S/C30H34Cl3NO8/c1-12-13(2)24(36)39-22(12)23-28(4,42-26(38)34-25(37)30(31,32)33)21-18-10-16-15-9-8-14-6-5-7-19(35)27(14,3)17(15)11-29(40-18,41-23)20(16)21/h5,7-8,12-13,15-18,20-23H,6,9-11H2,1-4H3,(H,34,37,38)/t12-,13-,15+,16+,17+,18+,20-,21+,22-,23-,27+,28-,29+/m1/s1. The first-order valence-electron chi connectivity index (χ1n) is 14.7. The van der Waals surface area contributed by atoms with Gasteiger partial charge in [-0.2, -0.15) is 0 Å². The predicted molar refractivity (Wildman–Crippen MR) is 150 cm³/mol. The van der Waals surface area contributed by atoms with Crippen LogP contribution in [0, 0.1) is 46.8 Å². The average molecular weight is 643 g/mol. The summed E-state index contributed by atoms with van der Waals surface area (Å²) in [7, 11) is 0. The van der Waals surface area contributed by atoms with E-state index in [4.69, 9.17) is 53.8 Å². The zero-order chi connectivity index (χ0) is 30.1. The van der Waals surface area contributed by atoms with E-state index in [2.05, 4.69) is 13.0 Å². The van der Waals surface area contributed by atoms with Gasteiger partial charge in [0.25, 0.3) is 9.70 Å². The fourth-order valence-corrected chi connectivity index (χ4v) is 9.94. The molecule has 12 heteroatoms. The maximum Gasteiger partial charge on any atom is 0.414 e. The number of rotatable bonds is 2. The predicted octanol–water partition coefficient (Wildman–Crippen LogP) is 4.81. The minimum Gasteiger partial charge on any atom is -0.459 e. The molecule has 7 rings (SSSR count). The third-order valence-electron chi connectivity index (χ3n) is 11.9. The number of imide groups is 1. The summed E-state index contributed by atoms with van der Waals surface area (Å²) in [5.41, 5.74) is -0.834. The molecule has 4 aliphatic carbocycles. The van der Waals surface area contributed by atoms with Crippen LogP contribution in [0.25, 0.3) is 0 Å². The van der Waals surface area contributed by atoms with Crippen LogP contribution in [0.5, 0.6) is 0 Å². The number of cyclic esters (lactones) is 1. The lowest BCUT2D eigenvalue weighted by molar-refractivity contribution is -0.360. The number of hydrogen-bond donors (Lipinski definition) is 1. The van der Waals surface area contributed by atoms with Crippen molar-refractivity contribution >= 4 is 58.6 Å². The number of allylic oxidation sites excluding steroid dienone is 4. The number of alkyl carbamates (subject to hydrolysis) is 1. The summed E-state index contributed by atoms with van der Waals surface area (Å²) in [6.45, 7) is 7.53. The number of halogens is 3. The molecule has 228 valence electrons. The minimum atomic E-state index is -2.37. The highest BCUT2D eigenvalue weighted by Gasteiger charge is 2.80. The monoisotopic (exact) mass is 641 g/mol. The first-order chi connectivity index (χ1) is 19.6. The van der Waals surface area contributed by atoms with Gasteiger partial charge in [-0.25, -0.2) is 4.79 Å².